The maximum Gasteiger partial charge on any atom is 0.183 e. The zero-order valence-electron chi connectivity index (χ0n) is 7.65. The molecule has 0 aliphatic carbocycles. The lowest BCUT2D eigenvalue weighted by Gasteiger charge is -2.05. The van der Waals surface area contributed by atoms with Crippen LogP contribution in [0.2, 0.25) is 5.02 Å². The Hall–Kier alpha value is -0.390. The molecular formula is C8H9ClO3S2. The van der Waals surface area contributed by atoms with Gasteiger partial charge in [-0.15, -0.1) is 11.3 Å². The molecule has 0 spiro atoms. The minimum atomic E-state index is -3.38. The highest BCUT2D eigenvalue weighted by molar-refractivity contribution is 7.92. The number of thiophene rings is 1. The fraction of sp³-hybridized carbons (Fsp3) is 0.375. The van der Waals surface area contributed by atoms with Crippen molar-refractivity contribution in [3.63, 3.8) is 0 Å². The van der Waals surface area contributed by atoms with Gasteiger partial charge < -0.3 is 0 Å². The molecule has 1 aromatic heterocycles. The molecule has 0 aliphatic rings. The summed E-state index contributed by atoms with van der Waals surface area (Å²) in [5.41, 5.74) is 0. The normalized spacial score (nSPS) is 12.0. The first-order valence-corrected chi connectivity index (χ1v) is 6.67. The summed E-state index contributed by atoms with van der Waals surface area (Å²) < 4.78 is 23.4. The topological polar surface area (TPSA) is 51.2 Å². The number of aldehydes is 1. The summed E-state index contributed by atoms with van der Waals surface area (Å²) in [6.07, 6.45) is 0.562. The molecule has 0 amide bonds. The van der Waals surface area contributed by atoms with Crippen LogP contribution in [-0.4, -0.2) is 20.0 Å². The first kappa shape index (κ1) is 11.7. The lowest BCUT2D eigenvalue weighted by molar-refractivity contribution is 0.112. The van der Waals surface area contributed by atoms with E-state index >= 15 is 0 Å². The predicted molar refractivity (Wildman–Crippen MR) is 57.0 cm³/mol. The van der Waals surface area contributed by atoms with Crippen molar-refractivity contribution in [2.75, 3.05) is 0 Å². The fourth-order valence-corrected chi connectivity index (χ4v) is 3.72. The van der Waals surface area contributed by atoms with E-state index in [1.54, 1.807) is 13.8 Å². The van der Waals surface area contributed by atoms with E-state index in [1.807, 2.05) is 0 Å². The average Bonchev–Trinajstić information content (AvgIpc) is 2.46. The second-order valence-corrected chi connectivity index (χ2v) is 6.75. The van der Waals surface area contributed by atoms with Crippen molar-refractivity contribution in [3.8, 4) is 0 Å². The van der Waals surface area contributed by atoms with Crippen LogP contribution in [0.15, 0.2) is 10.3 Å². The molecule has 14 heavy (non-hydrogen) atoms. The van der Waals surface area contributed by atoms with Crippen LogP contribution in [-0.2, 0) is 9.84 Å². The van der Waals surface area contributed by atoms with Gasteiger partial charge in [0, 0.05) is 5.38 Å². The predicted octanol–water partition coefficient (Wildman–Crippen LogP) is 2.40. The summed E-state index contributed by atoms with van der Waals surface area (Å²) in [7, 11) is -3.38. The third kappa shape index (κ3) is 1.85. The molecule has 78 valence electrons. The Bertz CT molecular complexity index is 445. The summed E-state index contributed by atoms with van der Waals surface area (Å²) in [6.45, 7) is 3.15. The molecule has 0 atom stereocenters. The van der Waals surface area contributed by atoms with Gasteiger partial charge in [0.05, 0.1) is 20.0 Å². The van der Waals surface area contributed by atoms with Gasteiger partial charge in [0.1, 0.15) is 0 Å². The molecule has 0 radical (unpaired) electrons. The van der Waals surface area contributed by atoms with Crippen molar-refractivity contribution in [1.29, 1.82) is 0 Å². The van der Waals surface area contributed by atoms with E-state index in [9.17, 15) is 13.2 Å². The van der Waals surface area contributed by atoms with Crippen LogP contribution in [0.4, 0.5) is 0 Å². The summed E-state index contributed by atoms with van der Waals surface area (Å²) in [5.74, 6) is 0. The standard InChI is InChI=1S/C8H9ClO3S2/c1-5(2)14(11,12)7-4-13-6(3-10)8(7)9/h3-5H,1-2H3. The van der Waals surface area contributed by atoms with Crippen molar-refractivity contribution in [2.24, 2.45) is 0 Å². The van der Waals surface area contributed by atoms with Gasteiger partial charge in [-0.2, -0.15) is 0 Å². The van der Waals surface area contributed by atoms with E-state index in [0.717, 1.165) is 11.3 Å². The van der Waals surface area contributed by atoms with Crippen molar-refractivity contribution in [1.82, 2.24) is 0 Å². The number of hydrogen-bond acceptors (Lipinski definition) is 4. The van der Waals surface area contributed by atoms with E-state index in [2.05, 4.69) is 0 Å². The van der Waals surface area contributed by atoms with E-state index < -0.39 is 15.1 Å². The summed E-state index contributed by atoms with van der Waals surface area (Å²) in [6, 6.07) is 0. The molecule has 0 saturated carbocycles. The van der Waals surface area contributed by atoms with Crippen LogP contribution < -0.4 is 0 Å². The van der Waals surface area contributed by atoms with Crippen molar-refractivity contribution in [2.45, 2.75) is 24.0 Å². The van der Waals surface area contributed by atoms with Gasteiger partial charge in [0.15, 0.2) is 16.1 Å². The summed E-state index contributed by atoms with van der Waals surface area (Å²) in [5, 5.41) is 0.911. The molecule has 0 unspecified atom stereocenters. The number of carbonyl (C=O) groups is 1. The van der Waals surface area contributed by atoms with Crippen molar-refractivity contribution >= 4 is 39.1 Å². The summed E-state index contributed by atoms with van der Waals surface area (Å²) in [4.78, 5) is 10.8. The van der Waals surface area contributed by atoms with Gasteiger partial charge in [0.25, 0.3) is 0 Å². The smallest absolute Gasteiger partial charge is 0.183 e. The maximum atomic E-state index is 11.7. The first-order chi connectivity index (χ1) is 6.41. The van der Waals surface area contributed by atoms with E-state index in [-0.39, 0.29) is 14.8 Å². The minimum Gasteiger partial charge on any atom is -0.297 e. The number of halogens is 1. The van der Waals surface area contributed by atoms with Crippen LogP contribution in [0, 0.1) is 0 Å². The van der Waals surface area contributed by atoms with Crippen molar-refractivity contribution in [3.05, 3.63) is 15.3 Å². The molecule has 1 aromatic rings. The van der Waals surface area contributed by atoms with Gasteiger partial charge >= 0.3 is 0 Å². The second-order valence-electron chi connectivity index (χ2n) is 2.99. The zero-order valence-corrected chi connectivity index (χ0v) is 10.0. The highest BCUT2D eigenvalue weighted by Crippen LogP contribution is 2.32. The molecule has 3 nitrogen and oxygen atoms in total. The number of carbonyl (C=O) groups excluding carboxylic acids is 1. The quantitative estimate of drug-likeness (QED) is 0.777. The first-order valence-electron chi connectivity index (χ1n) is 3.87. The molecule has 0 bridgehead atoms. The third-order valence-electron chi connectivity index (χ3n) is 1.76. The number of sulfone groups is 1. The molecule has 0 aliphatic heterocycles. The van der Waals surface area contributed by atoms with Crippen LogP contribution in [0.3, 0.4) is 0 Å². The lowest BCUT2D eigenvalue weighted by Crippen LogP contribution is -2.13. The number of hydrogen-bond donors (Lipinski definition) is 0. The maximum absolute atomic E-state index is 11.7. The van der Waals surface area contributed by atoms with Crippen LogP contribution in [0.1, 0.15) is 23.5 Å². The third-order valence-corrected chi connectivity index (χ3v) is 5.62. The lowest BCUT2D eigenvalue weighted by atomic mass is 10.5. The molecule has 0 aromatic carbocycles. The Morgan fingerprint density at radius 3 is 2.43 bits per heavy atom. The van der Waals surface area contributed by atoms with E-state index in [0.29, 0.717) is 6.29 Å². The van der Waals surface area contributed by atoms with Gasteiger partial charge in [0.2, 0.25) is 0 Å². The van der Waals surface area contributed by atoms with Crippen molar-refractivity contribution < 1.29 is 13.2 Å². The molecule has 1 rings (SSSR count). The van der Waals surface area contributed by atoms with Crippen LogP contribution in [0.25, 0.3) is 0 Å². The van der Waals surface area contributed by atoms with Gasteiger partial charge in [-0.05, 0) is 13.8 Å². The van der Waals surface area contributed by atoms with Crippen LogP contribution >= 0.6 is 22.9 Å². The highest BCUT2D eigenvalue weighted by atomic mass is 35.5. The Morgan fingerprint density at radius 1 is 1.50 bits per heavy atom. The molecule has 0 saturated heterocycles. The number of rotatable bonds is 3. The summed E-state index contributed by atoms with van der Waals surface area (Å²) >= 11 is 6.79. The van der Waals surface area contributed by atoms with E-state index in [4.69, 9.17) is 11.6 Å². The monoisotopic (exact) mass is 252 g/mol. The van der Waals surface area contributed by atoms with Gasteiger partial charge in [-0.3, -0.25) is 4.79 Å². The highest BCUT2D eigenvalue weighted by Gasteiger charge is 2.25. The Balaban J connectivity index is 3.35. The SMILES string of the molecule is CC(C)S(=O)(=O)c1csc(C=O)c1Cl. The van der Waals surface area contributed by atoms with Crippen LogP contribution in [0.5, 0.6) is 0 Å². The molecule has 1 heterocycles. The Kier molecular flexibility index (Phi) is 3.34. The Labute approximate surface area is 91.6 Å². The van der Waals surface area contributed by atoms with E-state index in [1.165, 1.54) is 5.38 Å². The largest absolute Gasteiger partial charge is 0.297 e. The molecule has 6 heteroatoms. The Morgan fingerprint density at radius 2 is 2.07 bits per heavy atom. The van der Waals surface area contributed by atoms with Gasteiger partial charge in [-0.25, -0.2) is 8.42 Å². The fourth-order valence-electron chi connectivity index (χ4n) is 0.867. The molecule has 0 fully saturated rings. The second kappa shape index (κ2) is 4.00. The minimum absolute atomic E-state index is 0.0405. The average molecular weight is 253 g/mol. The zero-order chi connectivity index (χ0) is 10.9. The molecule has 0 N–H and O–H groups in total. The van der Waals surface area contributed by atoms with Gasteiger partial charge in [-0.1, -0.05) is 11.6 Å². The molecular weight excluding hydrogens is 244 g/mol.